The van der Waals surface area contributed by atoms with Gasteiger partial charge in [-0.15, -0.1) is 0 Å². The Bertz CT molecular complexity index is 2630. The molecule has 0 fully saturated rings. The van der Waals surface area contributed by atoms with Crippen LogP contribution in [0.4, 0.5) is 5.69 Å². The topological polar surface area (TPSA) is 54.8 Å². The second-order valence-corrected chi connectivity index (χ2v) is 13.1. The average molecular weight is 664 g/mol. The van der Waals surface area contributed by atoms with Gasteiger partial charge in [-0.2, -0.15) is 0 Å². The molecule has 2 aliphatic rings. The summed E-state index contributed by atoms with van der Waals surface area (Å²) in [5.41, 5.74) is 12.9. The molecule has 0 saturated carbocycles. The number of rotatable bonds is 5. The lowest BCUT2D eigenvalue weighted by molar-refractivity contribution is 1.07. The van der Waals surface area contributed by atoms with Crippen LogP contribution in [0, 0.1) is 0 Å². The van der Waals surface area contributed by atoms with Gasteiger partial charge >= 0.3 is 6.85 Å². The molecule has 4 heterocycles. The molecule has 10 rings (SSSR count). The van der Waals surface area contributed by atoms with E-state index < -0.39 is 0 Å². The Morgan fingerprint density at radius 1 is 0.462 bits per heavy atom. The van der Waals surface area contributed by atoms with Gasteiger partial charge in [-0.3, -0.25) is 4.98 Å². The molecule has 0 atom stereocenters. The number of allylic oxidation sites excluding steroid dienone is 2. The Labute approximate surface area is 302 Å². The highest BCUT2D eigenvalue weighted by Gasteiger charge is 2.35. The first-order chi connectivity index (χ1) is 25.8. The first kappa shape index (κ1) is 30.0. The van der Waals surface area contributed by atoms with E-state index in [4.69, 9.17) is 19.9 Å². The van der Waals surface area contributed by atoms with Gasteiger partial charge in [-0.05, 0) is 64.3 Å². The van der Waals surface area contributed by atoms with Crippen LogP contribution in [0.15, 0.2) is 182 Å². The van der Waals surface area contributed by atoms with Crippen LogP contribution in [0.5, 0.6) is 0 Å². The van der Waals surface area contributed by atoms with E-state index in [1.165, 1.54) is 22.2 Å². The first-order valence-corrected chi connectivity index (χ1v) is 17.5. The van der Waals surface area contributed by atoms with Crippen molar-refractivity contribution in [2.24, 2.45) is 0 Å². The highest BCUT2D eigenvalue weighted by Crippen LogP contribution is 2.47. The highest BCUT2D eigenvalue weighted by molar-refractivity contribution is 6.84. The van der Waals surface area contributed by atoms with E-state index in [-0.39, 0.29) is 6.85 Å². The normalized spacial score (nSPS) is 12.8. The molecule has 0 N–H and O–H groups in total. The number of nitrogens with zero attached hydrogens (tertiary/aromatic N) is 5. The van der Waals surface area contributed by atoms with Crippen LogP contribution in [0.2, 0.25) is 0 Å². The summed E-state index contributed by atoms with van der Waals surface area (Å²) in [5, 5.41) is 1.09. The minimum Gasteiger partial charge on any atom is -0.383 e. The van der Waals surface area contributed by atoms with Crippen molar-refractivity contribution >= 4 is 28.9 Å². The zero-order chi connectivity index (χ0) is 34.4. The lowest BCUT2D eigenvalue weighted by Gasteiger charge is -2.38. The Morgan fingerprint density at radius 3 is 1.81 bits per heavy atom. The number of anilines is 1. The molecule has 52 heavy (non-hydrogen) atoms. The van der Waals surface area contributed by atoms with Crippen molar-refractivity contribution in [3.63, 3.8) is 0 Å². The fourth-order valence-electron chi connectivity index (χ4n) is 7.54. The zero-order valence-corrected chi connectivity index (χ0v) is 28.1. The van der Waals surface area contributed by atoms with Crippen molar-refractivity contribution in [3.8, 4) is 67.5 Å². The summed E-state index contributed by atoms with van der Waals surface area (Å²) in [6, 6.07) is 52.9. The van der Waals surface area contributed by atoms with E-state index in [1.54, 1.807) is 0 Å². The SMILES string of the molecule is C1=CB2c3ccc(-c4ccccc4)cc3-c3c(-c4cccc5cccnc45)cc(-c4nc(-c5ccccc5)nc(-c5ccccc5)n4)cc3N2C=C1. The monoisotopic (exact) mass is 663 g/mol. The predicted molar refractivity (Wildman–Crippen MR) is 214 cm³/mol. The molecule has 0 unspecified atom stereocenters. The van der Waals surface area contributed by atoms with Crippen molar-refractivity contribution in [2.75, 3.05) is 4.81 Å². The molecule has 0 aliphatic carbocycles. The maximum atomic E-state index is 5.16. The summed E-state index contributed by atoms with van der Waals surface area (Å²) in [4.78, 5) is 22.6. The molecule has 0 amide bonds. The van der Waals surface area contributed by atoms with Gasteiger partial charge in [0, 0.05) is 45.1 Å². The molecule has 0 spiro atoms. The molecule has 8 aromatic rings. The number of para-hydroxylation sites is 1. The van der Waals surface area contributed by atoms with Crippen LogP contribution in [0.25, 0.3) is 78.4 Å². The van der Waals surface area contributed by atoms with E-state index in [2.05, 4.69) is 114 Å². The van der Waals surface area contributed by atoms with Crippen molar-refractivity contribution in [3.05, 3.63) is 182 Å². The molecule has 0 saturated heterocycles. The molecule has 6 heteroatoms. The minimum absolute atomic E-state index is 0.0317. The molecular weight excluding hydrogens is 633 g/mol. The van der Waals surface area contributed by atoms with Crippen molar-refractivity contribution in [1.29, 1.82) is 0 Å². The fraction of sp³-hybridized carbons (Fsp3) is 0. The maximum Gasteiger partial charge on any atom is 0.320 e. The van der Waals surface area contributed by atoms with Crippen LogP contribution >= 0.6 is 0 Å². The van der Waals surface area contributed by atoms with Crippen LogP contribution in [-0.2, 0) is 0 Å². The summed E-state index contributed by atoms with van der Waals surface area (Å²) in [7, 11) is 0. The summed E-state index contributed by atoms with van der Waals surface area (Å²) < 4.78 is 0. The standard InChI is InChI=1S/C46H30BN5/c1-4-14-31(15-5-1)35-23-24-40-39(28-35)42-38(37-22-12-20-32-21-13-26-48-43(32)37)29-36(30-41(42)52-27-11-10-25-47(40)52)46-50-44(33-16-6-2-7-17-33)49-45(51-46)34-18-8-3-9-19-34/h1-30H. The Kier molecular flexibility index (Phi) is 7.17. The molecule has 5 nitrogen and oxygen atoms in total. The lowest BCUT2D eigenvalue weighted by atomic mass is 9.49. The van der Waals surface area contributed by atoms with Crippen molar-refractivity contribution in [1.82, 2.24) is 19.9 Å². The lowest BCUT2D eigenvalue weighted by Crippen LogP contribution is -2.49. The Morgan fingerprint density at radius 2 is 1.10 bits per heavy atom. The Balaban J connectivity index is 1.29. The minimum atomic E-state index is 0.0317. The summed E-state index contributed by atoms with van der Waals surface area (Å²) in [6.07, 6.45) is 8.32. The zero-order valence-electron chi connectivity index (χ0n) is 28.1. The van der Waals surface area contributed by atoms with Gasteiger partial charge in [0.2, 0.25) is 0 Å². The number of aromatic nitrogens is 4. The molecule has 0 radical (unpaired) electrons. The average Bonchev–Trinajstić information content (AvgIpc) is 3.23. The van der Waals surface area contributed by atoms with Gasteiger partial charge in [-0.1, -0.05) is 139 Å². The highest BCUT2D eigenvalue weighted by atomic mass is 15.1. The number of benzene rings is 6. The van der Waals surface area contributed by atoms with E-state index in [0.717, 1.165) is 50.0 Å². The Hall–Kier alpha value is -6.92. The third kappa shape index (κ3) is 5.12. The summed E-state index contributed by atoms with van der Waals surface area (Å²) in [6.45, 7) is 0.0317. The van der Waals surface area contributed by atoms with E-state index in [9.17, 15) is 0 Å². The molecule has 2 aliphatic heterocycles. The summed E-state index contributed by atoms with van der Waals surface area (Å²) >= 11 is 0. The van der Waals surface area contributed by atoms with Crippen LogP contribution < -0.4 is 10.3 Å². The van der Waals surface area contributed by atoms with Gasteiger partial charge in [0.25, 0.3) is 0 Å². The number of pyridine rings is 1. The van der Waals surface area contributed by atoms with Gasteiger partial charge in [0.1, 0.15) is 0 Å². The second kappa shape index (κ2) is 12.4. The smallest absolute Gasteiger partial charge is 0.320 e. The number of fused-ring (bicyclic) bond motifs is 7. The van der Waals surface area contributed by atoms with Crippen LogP contribution in [0.1, 0.15) is 0 Å². The number of hydrogen-bond acceptors (Lipinski definition) is 5. The molecular formula is C46H30BN5. The maximum absolute atomic E-state index is 5.16. The quantitative estimate of drug-likeness (QED) is 0.172. The van der Waals surface area contributed by atoms with Gasteiger partial charge in [0.05, 0.1) is 5.52 Å². The number of hydrogen-bond donors (Lipinski definition) is 0. The molecule has 6 aromatic carbocycles. The van der Waals surface area contributed by atoms with Gasteiger partial charge in [-0.25, -0.2) is 15.0 Å². The second-order valence-electron chi connectivity index (χ2n) is 13.1. The van der Waals surface area contributed by atoms with Gasteiger partial charge < -0.3 is 4.81 Å². The van der Waals surface area contributed by atoms with Crippen LogP contribution in [0.3, 0.4) is 0 Å². The van der Waals surface area contributed by atoms with E-state index in [0.29, 0.717) is 17.5 Å². The summed E-state index contributed by atoms with van der Waals surface area (Å²) in [5.74, 6) is 4.15. The third-order valence-electron chi connectivity index (χ3n) is 9.98. The first-order valence-electron chi connectivity index (χ1n) is 17.5. The van der Waals surface area contributed by atoms with Crippen LogP contribution in [-0.4, -0.2) is 26.8 Å². The molecule has 0 bridgehead atoms. The van der Waals surface area contributed by atoms with E-state index in [1.807, 2.05) is 72.9 Å². The fourth-order valence-corrected chi connectivity index (χ4v) is 7.54. The largest absolute Gasteiger partial charge is 0.383 e. The third-order valence-corrected chi connectivity index (χ3v) is 9.98. The van der Waals surface area contributed by atoms with E-state index >= 15 is 0 Å². The van der Waals surface area contributed by atoms with Crippen molar-refractivity contribution < 1.29 is 0 Å². The predicted octanol–water partition coefficient (Wildman–Crippen LogP) is 10.1. The van der Waals surface area contributed by atoms with Gasteiger partial charge in [0.15, 0.2) is 17.5 Å². The molecule has 2 aromatic heterocycles. The molecule has 242 valence electrons. The van der Waals surface area contributed by atoms with Crippen molar-refractivity contribution in [2.45, 2.75) is 0 Å².